The third-order valence-electron chi connectivity index (χ3n) is 4.46. The number of nitrogens with one attached hydrogen (secondary N) is 1. The number of thioether (sulfide) groups is 1. The molecule has 2 aromatic heterocycles. The number of esters is 1. The number of aromatic nitrogens is 3. The minimum atomic E-state index is -0.499. The number of hydrogen-bond donors (Lipinski definition) is 1. The van der Waals surface area contributed by atoms with Crippen LogP contribution in [0.1, 0.15) is 39.0 Å². The van der Waals surface area contributed by atoms with Gasteiger partial charge in [0.05, 0.1) is 30.7 Å². The SMILES string of the molecule is COC(=O)c1c(C)[nH]c(C(=O)C(C)Sc2nnc(-c3ccc(OC)cc3)o2)c1C. The van der Waals surface area contributed by atoms with Crippen LogP contribution in [0.3, 0.4) is 0 Å². The third-order valence-corrected chi connectivity index (χ3v) is 5.40. The van der Waals surface area contributed by atoms with Crippen LogP contribution in [0.15, 0.2) is 33.9 Å². The number of Topliss-reactive ketones (excluding diaryl/α,β-unsaturated/α-hetero) is 1. The van der Waals surface area contributed by atoms with E-state index in [0.717, 1.165) is 23.1 Å². The fraction of sp³-hybridized carbons (Fsp3) is 0.300. The number of H-pyrrole nitrogens is 1. The molecule has 0 saturated heterocycles. The zero-order valence-electron chi connectivity index (χ0n) is 16.7. The van der Waals surface area contributed by atoms with Crippen LogP contribution in [0.2, 0.25) is 0 Å². The van der Waals surface area contributed by atoms with E-state index < -0.39 is 11.2 Å². The van der Waals surface area contributed by atoms with E-state index in [4.69, 9.17) is 13.9 Å². The molecule has 9 heteroatoms. The number of methoxy groups -OCH3 is 2. The van der Waals surface area contributed by atoms with Gasteiger partial charge in [-0.25, -0.2) is 4.79 Å². The van der Waals surface area contributed by atoms with Crippen LogP contribution in [0.5, 0.6) is 5.75 Å². The number of nitrogens with zero attached hydrogens (tertiary/aromatic N) is 2. The first-order valence-corrected chi connectivity index (χ1v) is 9.70. The van der Waals surface area contributed by atoms with Crippen molar-refractivity contribution in [2.24, 2.45) is 0 Å². The van der Waals surface area contributed by atoms with Gasteiger partial charge >= 0.3 is 5.97 Å². The Morgan fingerprint density at radius 1 is 1.14 bits per heavy atom. The number of rotatable bonds is 7. The van der Waals surface area contributed by atoms with Gasteiger partial charge in [0.25, 0.3) is 5.22 Å². The van der Waals surface area contributed by atoms with E-state index >= 15 is 0 Å². The van der Waals surface area contributed by atoms with Crippen molar-refractivity contribution in [3.63, 3.8) is 0 Å². The Labute approximate surface area is 172 Å². The minimum Gasteiger partial charge on any atom is -0.497 e. The van der Waals surface area contributed by atoms with Gasteiger partial charge < -0.3 is 18.9 Å². The molecule has 1 aromatic carbocycles. The lowest BCUT2D eigenvalue weighted by molar-refractivity contribution is 0.0599. The molecule has 2 heterocycles. The van der Waals surface area contributed by atoms with Crippen molar-refractivity contribution < 1.29 is 23.5 Å². The summed E-state index contributed by atoms with van der Waals surface area (Å²) < 4.78 is 15.6. The van der Waals surface area contributed by atoms with E-state index in [2.05, 4.69) is 15.2 Å². The average Bonchev–Trinajstić information content (AvgIpc) is 3.31. The fourth-order valence-electron chi connectivity index (χ4n) is 2.92. The predicted octanol–water partition coefficient (Wildman–Crippen LogP) is 3.84. The maximum atomic E-state index is 12.9. The normalized spacial score (nSPS) is 11.9. The van der Waals surface area contributed by atoms with Crippen LogP contribution in [0.4, 0.5) is 0 Å². The van der Waals surface area contributed by atoms with Gasteiger partial charge in [-0.2, -0.15) is 0 Å². The standard InChI is InChI=1S/C20H21N3O5S/c1-10-15(19(25)27-5)11(2)21-16(10)17(24)12(3)29-20-23-22-18(28-20)13-6-8-14(26-4)9-7-13/h6-9,12,21H,1-5H3. The summed E-state index contributed by atoms with van der Waals surface area (Å²) in [6.07, 6.45) is 0. The zero-order chi connectivity index (χ0) is 21.1. The number of carbonyl (C=O) groups is 2. The minimum absolute atomic E-state index is 0.171. The Morgan fingerprint density at radius 2 is 1.83 bits per heavy atom. The maximum absolute atomic E-state index is 12.9. The number of aromatic amines is 1. The van der Waals surface area contributed by atoms with Crippen LogP contribution >= 0.6 is 11.8 Å². The number of ketones is 1. The number of aryl methyl sites for hydroxylation is 1. The van der Waals surface area contributed by atoms with Crippen LogP contribution in [-0.2, 0) is 4.74 Å². The van der Waals surface area contributed by atoms with Crippen molar-refractivity contribution in [1.29, 1.82) is 0 Å². The molecule has 1 N–H and O–H groups in total. The largest absolute Gasteiger partial charge is 0.497 e. The summed E-state index contributed by atoms with van der Waals surface area (Å²) in [4.78, 5) is 27.8. The van der Waals surface area contributed by atoms with Crippen LogP contribution in [0.25, 0.3) is 11.5 Å². The molecule has 0 amide bonds. The molecule has 3 aromatic rings. The van der Waals surface area contributed by atoms with Gasteiger partial charge in [0.1, 0.15) is 5.75 Å². The van der Waals surface area contributed by atoms with E-state index in [-0.39, 0.29) is 11.0 Å². The van der Waals surface area contributed by atoms with E-state index in [0.29, 0.717) is 28.4 Å². The Kier molecular flexibility index (Phi) is 6.07. The second kappa shape index (κ2) is 8.52. The molecule has 8 nitrogen and oxygen atoms in total. The zero-order valence-corrected chi connectivity index (χ0v) is 17.5. The Bertz CT molecular complexity index is 1040. The molecule has 0 spiro atoms. The van der Waals surface area contributed by atoms with Gasteiger partial charge in [0.15, 0.2) is 5.78 Å². The lowest BCUT2D eigenvalue weighted by Crippen LogP contribution is -2.15. The molecular formula is C20H21N3O5S. The van der Waals surface area contributed by atoms with Gasteiger partial charge in [-0.15, -0.1) is 10.2 Å². The Balaban J connectivity index is 1.75. The van der Waals surface area contributed by atoms with Gasteiger partial charge in [0, 0.05) is 11.3 Å². The lowest BCUT2D eigenvalue weighted by atomic mass is 10.1. The van der Waals surface area contributed by atoms with Crippen molar-refractivity contribution in [3.8, 4) is 17.2 Å². The molecule has 0 bridgehead atoms. The first-order chi connectivity index (χ1) is 13.8. The molecule has 0 radical (unpaired) electrons. The summed E-state index contributed by atoms with van der Waals surface area (Å²) in [6.45, 7) is 5.19. The lowest BCUT2D eigenvalue weighted by Gasteiger charge is -2.07. The molecule has 0 aliphatic heterocycles. The summed E-state index contributed by atoms with van der Waals surface area (Å²) in [5.41, 5.74) is 2.67. The molecule has 0 saturated carbocycles. The first-order valence-electron chi connectivity index (χ1n) is 8.82. The summed E-state index contributed by atoms with van der Waals surface area (Å²) in [6, 6.07) is 7.23. The molecular weight excluding hydrogens is 394 g/mol. The first kappa shape index (κ1) is 20.7. The highest BCUT2D eigenvalue weighted by atomic mass is 32.2. The van der Waals surface area contributed by atoms with Crippen LogP contribution in [-0.4, -0.2) is 46.4 Å². The number of carbonyl (C=O) groups excluding carboxylic acids is 2. The highest BCUT2D eigenvalue weighted by molar-refractivity contribution is 8.00. The molecule has 152 valence electrons. The molecule has 0 fully saturated rings. The summed E-state index contributed by atoms with van der Waals surface area (Å²) in [7, 11) is 2.90. The molecule has 1 unspecified atom stereocenters. The molecule has 0 aliphatic rings. The summed E-state index contributed by atoms with van der Waals surface area (Å²) >= 11 is 1.16. The van der Waals surface area contributed by atoms with Gasteiger partial charge in [-0.1, -0.05) is 11.8 Å². The van der Waals surface area contributed by atoms with Gasteiger partial charge in [-0.05, 0) is 50.6 Å². The van der Waals surface area contributed by atoms with E-state index in [1.165, 1.54) is 7.11 Å². The second-order valence-corrected chi connectivity index (χ2v) is 7.63. The summed E-state index contributed by atoms with van der Waals surface area (Å²) in [5, 5.41) is 7.84. The summed E-state index contributed by atoms with van der Waals surface area (Å²) in [5.74, 6) is 0.436. The van der Waals surface area contributed by atoms with E-state index in [1.54, 1.807) is 40.0 Å². The Hall–Kier alpha value is -3.07. The molecule has 0 aliphatic carbocycles. The van der Waals surface area contributed by atoms with Crippen molar-refractivity contribution in [2.45, 2.75) is 31.2 Å². The van der Waals surface area contributed by atoms with Crippen molar-refractivity contribution in [3.05, 3.63) is 46.8 Å². The second-order valence-electron chi connectivity index (χ2n) is 6.34. The average molecular weight is 415 g/mol. The van der Waals surface area contributed by atoms with Crippen molar-refractivity contribution in [2.75, 3.05) is 14.2 Å². The van der Waals surface area contributed by atoms with E-state index in [9.17, 15) is 9.59 Å². The number of ether oxygens (including phenoxy) is 2. The van der Waals surface area contributed by atoms with Gasteiger partial charge in [0.2, 0.25) is 5.89 Å². The van der Waals surface area contributed by atoms with Crippen molar-refractivity contribution >= 4 is 23.5 Å². The Morgan fingerprint density at radius 3 is 2.45 bits per heavy atom. The highest BCUT2D eigenvalue weighted by Gasteiger charge is 2.27. The molecule has 1 atom stereocenters. The maximum Gasteiger partial charge on any atom is 0.339 e. The molecule has 3 rings (SSSR count). The third kappa shape index (κ3) is 4.19. The monoisotopic (exact) mass is 415 g/mol. The van der Waals surface area contributed by atoms with E-state index in [1.807, 2.05) is 12.1 Å². The fourth-order valence-corrected chi connectivity index (χ4v) is 3.66. The van der Waals surface area contributed by atoms with Crippen LogP contribution < -0.4 is 4.74 Å². The predicted molar refractivity (Wildman–Crippen MR) is 108 cm³/mol. The smallest absolute Gasteiger partial charge is 0.339 e. The van der Waals surface area contributed by atoms with Gasteiger partial charge in [-0.3, -0.25) is 4.79 Å². The van der Waals surface area contributed by atoms with Crippen molar-refractivity contribution in [1.82, 2.24) is 15.2 Å². The van der Waals surface area contributed by atoms with Crippen LogP contribution in [0, 0.1) is 13.8 Å². The number of benzene rings is 1. The molecule has 29 heavy (non-hydrogen) atoms. The topological polar surface area (TPSA) is 107 Å². The number of hydrogen-bond acceptors (Lipinski definition) is 8. The quantitative estimate of drug-likeness (QED) is 0.352. The highest BCUT2D eigenvalue weighted by Crippen LogP contribution is 2.30.